The Hall–Kier alpha value is -3.85. The number of benzene rings is 2. The monoisotopic (exact) mass is 580 g/mol. The normalized spacial score (nSPS) is 14.4. The number of pyridine rings is 1. The van der Waals surface area contributed by atoms with Crippen LogP contribution in [0, 0.1) is 17.6 Å². The van der Waals surface area contributed by atoms with Crippen LogP contribution in [-0.2, 0) is 17.6 Å². The third kappa shape index (κ3) is 7.08. The summed E-state index contributed by atoms with van der Waals surface area (Å²) in [6.07, 6.45) is 3.89. The Morgan fingerprint density at radius 2 is 1.80 bits per heavy atom. The third-order valence-electron chi connectivity index (χ3n) is 7.03. The Morgan fingerprint density at radius 3 is 2.44 bits per heavy atom. The summed E-state index contributed by atoms with van der Waals surface area (Å²) in [7, 11) is 0. The zero-order valence-electron chi connectivity index (χ0n) is 23.1. The van der Waals surface area contributed by atoms with Crippen LogP contribution < -0.4 is 5.56 Å². The van der Waals surface area contributed by atoms with Crippen LogP contribution in [0.15, 0.2) is 53.5 Å². The lowest BCUT2D eigenvalue weighted by molar-refractivity contribution is 0.0184. The molecule has 2 aromatic carbocycles. The van der Waals surface area contributed by atoms with Crippen LogP contribution >= 0.6 is 11.6 Å². The molecule has 1 aliphatic heterocycles. The van der Waals surface area contributed by atoms with E-state index in [1.165, 1.54) is 12.1 Å². The molecule has 1 saturated heterocycles. The maximum Gasteiger partial charge on any atom is 0.410 e. The van der Waals surface area contributed by atoms with Crippen molar-refractivity contribution < 1.29 is 18.3 Å². The van der Waals surface area contributed by atoms with Crippen molar-refractivity contribution in [1.82, 2.24) is 19.9 Å². The van der Waals surface area contributed by atoms with Gasteiger partial charge in [-0.05, 0) is 87.4 Å². The second-order valence-corrected chi connectivity index (χ2v) is 11.9. The van der Waals surface area contributed by atoms with Crippen LogP contribution in [0.4, 0.5) is 13.6 Å². The number of amides is 1. The zero-order valence-corrected chi connectivity index (χ0v) is 23.9. The minimum absolute atomic E-state index is 0.284. The maximum absolute atomic E-state index is 13.6. The molecule has 0 saturated carbocycles. The van der Waals surface area contributed by atoms with Gasteiger partial charge in [-0.25, -0.2) is 18.6 Å². The first-order chi connectivity index (χ1) is 19.4. The number of piperidine rings is 1. The van der Waals surface area contributed by atoms with Crippen molar-refractivity contribution in [2.24, 2.45) is 5.92 Å². The molecule has 0 unspecified atom stereocenters. The lowest BCUT2D eigenvalue weighted by Crippen LogP contribution is -2.42. The number of nitrogens with zero attached hydrogens (tertiary/aromatic N) is 3. The molecule has 214 valence electrons. The number of fused-ring (bicyclic) bond motifs is 1. The highest BCUT2D eigenvalue weighted by molar-refractivity contribution is 6.31. The van der Waals surface area contributed by atoms with Crippen molar-refractivity contribution in [2.45, 2.75) is 52.1 Å². The zero-order chi connectivity index (χ0) is 29.3. The summed E-state index contributed by atoms with van der Waals surface area (Å²) in [5, 5.41) is 0.886. The van der Waals surface area contributed by atoms with Crippen LogP contribution in [-0.4, -0.2) is 44.6 Å². The Morgan fingerprint density at radius 1 is 1.10 bits per heavy atom. The second-order valence-electron chi connectivity index (χ2n) is 11.5. The fourth-order valence-electron chi connectivity index (χ4n) is 5.11. The minimum Gasteiger partial charge on any atom is -0.444 e. The van der Waals surface area contributed by atoms with Crippen molar-refractivity contribution in [3.63, 3.8) is 0 Å². The molecule has 0 spiro atoms. The molecule has 1 fully saturated rings. The lowest BCUT2D eigenvalue weighted by atomic mass is 9.89. The summed E-state index contributed by atoms with van der Waals surface area (Å²) >= 11 is 6.39. The molecular weight excluding hydrogens is 550 g/mol. The Bertz CT molecular complexity index is 1620. The predicted octanol–water partition coefficient (Wildman–Crippen LogP) is 6.70. The number of aromatic nitrogens is 3. The van der Waals surface area contributed by atoms with Gasteiger partial charge in [-0.3, -0.25) is 9.78 Å². The number of hydrogen-bond donors (Lipinski definition) is 1. The van der Waals surface area contributed by atoms with E-state index in [1.54, 1.807) is 29.3 Å². The van der Waals surface area contributed by atoms with Gasteiger partial charge in [0, 0.05) is 42.4 Å². The van der Waals surface area contributed by atoms with Gasteiger partial charge in [0.25, 0.3) is 5.56 Å². The molecule has 4 aromatic rings. The highest BCUT2D eigenvalue weighted by Crippen LogP contribution is 2.28. The summed E-state index contributed by atoms with van der Waals surface area (Å²) in [5.74, 6) is -0.580. The van der Waals surface area contributed by atoms with Gasteiger partial charge in [-0.1, -0.05) is 17.7 Å². The molecule has 1 amide bonds. The van der Waals surface area contributed by atoms with Crippen LogP contribution in [0.5, 0.6) is 0 Å². The fourth-order valence-corrected chi connectivity index (χ4v) is 5.35. The molecule has 0 bridgehead atoms. The molecule has 0 atom stereocenters. The lowest BCUT2D eigenvalue weighted by Gasteiger charge is -2.33. The highest BCUT2D eigenvalue weighted by atomic mass is 35.5. The topological polar surface area (TPSA) is 88.2 Å². The molecule has 3 heterocycles. The average Bonchev–Trinajstić information content (AvgIpc) is 2.89. The number of carbonyl (C=O) groups is 1. The first-order valence-corrected chi connectivity index (χ1v) is 13.9. The molecule has 0 radical (unpaired) electrons. The molecule has 7 nitrogen and oxygen atoms in total. The number of halogens is 3. The minimum atomic E-state index is -0.673. The van der Waals surface area contributed by atoms with E-state index in [2.05, 4.69) is 9.97 Å². The van der Waals surface area contributed by atoms with E-state index in [9.17, 15) is 18.4 Å². The number of aromatic amines is 1. The van der Waals surface area contributed by atoms with Crippen LogP contribution in [0.2, 0.25) is 5.02 Å². The average molecular weight is 581 g/mol. The van der Waals surface area contributed by atoms with E-state index in [0.29, 0.717) is 64.9 Å². The second kappa shape index (κ2) is 11.6. The van der Waals surface area contributed by atoms with Crippen LogP contribution in [0.25, 0.3) is 22.2 Å². The standard InChI is InChI=1S/C31H31ClF2N4O3/c1-31(2,3)41-30(40)38-8-6-18(7-9-38)10-21-12-22(32)15-25-28(21)36-27(37-29(25)39)11-19-4-5-26(35-17-19)20-13-23(33)16-24(34)14-20/h4-5,12-18H,6-11H2,1-3H3,(H,36,37,39). The number of hydrogen-bond acceptors (Lipinski definition) is 5. The van der Waals surface area contributed by atoms with Crippen molar-refractivity contribution in [3.8, 4) is 11.3 Å². The fraction of sp³-hybridized carbons (Fsp3) is 0.355. The molecule has 1 N–H and O–H groups in total. The van der Waals surface area contributed by atoms with Crippen molar-refractivity contribution >= 4 is 28.6 Å². The first kappa shape index (κ1) is 28.7. The molecular formula is C31H31ClF2N4O3. The highest BCUT2D eigenvalue weighted by Gasteiger charge is 2.27. The van der Waals surface area contributed by atoms with Crippen LogP contribution in [0.3, 0.4) is 0 Å². The van der Waals surface area contributed by atoms with Gasteiger partial charge in [-0.15, -0.1) is 0 Å². The smallest absolute Gasteiger partial charge is 0.410 e. The van der Waals surface area contributed by atoms with E-state index in [1.807, 2.05) is 26.8 Å². The number of carbonyl (C=O) groups excluding carboxylic acids is 1. The molecule has 5 rings (SSSR count). The molecule has 41 heavy (non-hydrogen) atoms. The Kier molecular flexibility index (Phi) is 8.09. The van der Waals surface area contributed by atoms with Gasteiger partial charge < -0.3 is 14.6 Å². The summed E-state index contributed by atoms with van der Waals surface area (Å²) < 4.78 is 32.7. The largest absolute Gasteiger partial charge is 0.444 e. The van der Waals surface area contributed by atoms with E-state index in [0.717, 1.165) is 30.0 Å². The number of likely N-dealkylation sites (tertiary alicyclic amines) is 1. The Balaban J connectivity index is 1.33. The number of ether oxygens (including phenoxy) is 1. The molecule has 2 aromatic heterocycles. The number of H-pyrrole nitrogens is 1. The summed E-state index contributed by atoms with van der Waals surface area (Å²) in [6, 6.07) is 10.2. The van der Waals surface area contributed by atoms with Gasteiger partial charge in [0.1, 0.15) is 23.1 Å². The van der Waals surface area contributed by atoms with Crippen molar-refractivity contribution in [2.75, 3.05) is 13.1 Å². The molecule has 1 aliphatic rings. The maximum atomic E-state index is 13.6. The van der Waals surface area contributed by atoms with Crippen LogP contribution in [0.1, 0.15) is 50.6 Å². The van der Waals surface area contributed by atoms with Gasteiger partial charge in [0.15, 0.2) is 0 Å². The summed E-state index contributed by atoms with van der Waals surface area (Å²) in [6.45, 7) is 6.76. The molecule has 10 heteroatoms. The van der Waals surface area contributed by atoms with E-state index in [4.69, 9.17) is 21.3 Å². The summed E-state index contributed by atoms with van der Waals surface area (Å²) in [4.78, 5) is 39.2. The van der Waals surface area contributed by atoms with E-state index >= 15 is 0 Å². The number of nitrogens with one attached hydrogen (secondary N) is 1. The SMILES string of the molecule is CC(C)(C)OC(=O)N1CCC(Cc2cc(Cl)cc3c(=O)[nH]c(Cc4ccc(-c5cc(F)cc(F)c5)nc4)nc23)CC1. The predicted molar refractivity (Wildman–Crippen MR) is 154 cm³/mol. The third-order valence-corrected chi connectivity index (χ3v) is 7.25. The van der Waals surface area contributed by atoms with Gasteiger partial charge in [-0.2, -0.15) is 0 Å². The van der Waals surface area contributed by atoms with E-state index < -0.39 is 17.2 Å². The van der Waals surface area contributed by atoms with Crippen molar-refractivity contribution in [3.05, 3.63) is 92.6 Å². The first-order valence-electron chi connectivity index (χ1n) is 13.5. The number of rotatable bonds is 5. The quantitative estimate of drug-likeness (QED) is 0.284. The Labute approximate surface area is 241 Å². The van der Waals surface area contributed by atoms with Gasteiger partial charge in [0.05, 0.1) is 16.6 Å². The summed E-state index contributed by atoms with van der Waals surface area (Å²) in [5.41, 5.74) is 2.21. The van der Waals surface area contributed by atoms with Gasteiger partial charge in [0.2, 0.25) is 0 Å². The van der Waals surface area contributed by atoms with Gasteiger partial charge >= 0.3 is 6.09 Å². The van der Waals surface area contributed by atoms with Crippen molar-refractivity contribution in [1.29, 1.82) is 0 Å². The van der Waals surface area contributed by atoms with E-state index in [-0.39, 0.29) is 11.7 Å². The molecule has 0 aliphatic carbocycles.